The van der Waals surface area contributed by atoms with Crippen molar-refractivity contribution >= 4 is 28.1 Å². The molecule has 4 heteroatoms. The van der Waals surface area contributed by atoms with Crippen molar-refractivity contribution in [3.8, 4) is 5.75 Å². The summed E-state index contributed by atoms with van der Waals surface area (Å²) in [6.07, 6.45) is 0.725. The van der Waals surface area contributed by atoms with Gasteiger partial charge >= 0.3 is 0 Å². The molecule has 0 radical (unpaired) electrons. The van der Waals surface area contributed by atoms with Gasteiger partial charge in [0.2, 0.25) is 0 Å². The Morgan fingerprint density at radius 1 is 0.870 bits per heavy atom. The number of rotatable bonds is 6. The van der Waals surface area contributed by atoms with E-state index in [4.69, 9.17) is 0 Å². The Bertz CT molecular complexity index is 803. The summed E-state index contributed by atoms with van der Waals surface area (Å²) in [5.41, 5.74) is 0.827. The van der Waals surface area contributed by atoms with E-state index in [9.17, 15) is 19.5 Å². The van der Waals surface area contributed by atoms with Crippen LogP contribution in [0.3, 0.4) is 0 Å². The molecule has 0 spiro atoms. The first-order chi connectivity index (χ1) is 11.0. The average Bonchev–Trinajstić information content (AvgIpc) is 2.59. The van der Waals surface area contributed by atoms with Gasteiger partial charge in [-0.1, -0.05) is 39.0 Å². The number of Topliss-reactive ketones (excluding diaryl/α,β-unsaturated/α-hetero) is 3. The molecular weight excluding hydrogens is 292 g/mol. The van der Waals surface area contributed by atoms with Crippen molar-refractivity contribution in [3.63, 3.8) is 0 Å². The van der Waals surface area contributed by atoms with Crippen LogP contribution in [0, 0.1) is 0 Å². The summed E-state index contributed by atoms with van der Waals surface area (Å²) in [6, 6.07) is 6.31. The van der Waals surface area contributed by atoms with Gasteiger partial charge in [0.25, 0.3) is 0 Å². The number of carbonyl (C=O) groups is 3. The number of phenolic OH excluding ortho intramolecular Hbond substituents is 1. The minimum absolute atomic E-state index is 0.0878. The lowest BCUT2D eigenvalue weighted by atomic mass is 9.87. The standard InChI is InChI=1S/C19H20O4/c1-4-14(20)11-8-7-9-12-17(23)10-13(15(21)5-2)19(18(11)12)16(22)6-3/h7-10,23H,4-6H2,1-3H3. The second-order valence-corrected chi connectivity index (χ2v) is 5.38. The first-order valence-electron chi connectivity index (χ1n) is 7.84. The van der Waals surface area contributed by atoms with Crippen LogP contribution in [0.1, 0.15) is 71.1 Å². The highest BCUT2D eigenvalue weighted by atomic mass is 16.3. The van der Waals surface area contributed by atoms with Crippen molar-refractivity contribution in [2.45, 2.75) is 40.0 Å². The van der Waals surface area contributed by atoms with Crippen LogP contribution >= 0.6 is 0 Å². The Morgan fingerprint density at radius 2 is 1.43 bits per heavy atom. The van der Waals surface area contributed by atoms with E-state index >= 15 is 0 Å². The summed E-state index contributed by atoms with van der Waals surface area (Å²) < 4.78 is 0. The fourth-order valence-corrected chi connectivity index (χ4v) is 2.76. The number of hydrogen-bond acceptors (Lipinski definition) is 4. The summed E-state index contributed by atoms with van der Waals surface area (Å²) in [6.45, 7) is 5.15. The summed E-state index contributed by atoms with van der Waals surface area (Å²) in [4.78, 5) is 37.0. The molecule has 0 aliphatic heterocycles. The minimum Gasteiger partial charge on any atom is -0.507 e. The highest BCUT2D eigenvalue weighted by Crippen LogP contribution is 2.35. The summed E-state index contributed by atoms with van der Waals surface area (Å²) in [5.74, 6) is -0.641. The van der Waals surface area contributed by atoms with Crippen molar-refractivity contribution in [2.24, 2.45) is 0 Å². The predicted molar refractivity (Wildman–Crippen MR) is 89.5 cm³/mol. The molecule has 0 saturated carbocycles. The Hall–Kier alpha value is -2.49. The SMILES string of the molecule is CCC(=O)c1cc(O)c2cccc(C(=O)CC)c2c1C(=O)CC. The van der Waals surface area contributed by atoms with Gasteiger partial charge in [0, 0.05) is 46.7 Å². The van der Waals surface area contributed by atoms with Crippen LogP contribution < -0.4 is 0 Å². The molecule has 2 rings (SSSR count). The molecule has 0 fully saturated rings. The van der Waals surface area contributed by atoms with Crippen molar-refractivity contribution < 1.29 is 19.5 Å². The normalized spacial score (nSPS) is 10.7. The Labute approximate surface area is 135 Å². The number of carbonyl (C=O) groups excluding carboxylic acids is 3. The van der Waals surface area contributed by atoms with Crippen LogP contribution in [0.15, 0.2) is 24.3 Å². The molecule has 120 valence electrons. The smallest absolute Gasteiger partial charge is 0.163 e. The number of phenols is 1. The fourth-order valence-electron chi connectivity index (χ4n) is 2.76. The van der Waals surface area contributed by atoms with Gasteiger partial charge in [-0.2, -0.15) is 0 Å². The van der Waals surface area contributed by atoms with Gasteiger partial charge < -0.3 is 5.11 Å². The molecule has 2 aromatic carbocycles. The molecular formula is C19H20O4. The number of fused-ring (bicyclic) bond motifs is 1. The monoisotopic (exact) mass is 312 g/mol. The van der Waals surface area contributed by atoms with E-state index in [2.05, 4.69) is 0 Å². The van der Waals surface area contributed by atoms with E-state index in [1.165, 1.54) is 6.07 Å². The quantitative estimate of drug-likeness (QED) is 0.806. The Balaban J connectivity index is 3.02. The third kappa shape index (κ3) is 2.89. The van der Waals surface area contributed by atoms with Crippen molar-refractivity contribution in [1.82, 2.24) is 0 Å². The summed E-state index contributed by atoms with van der Waals surface area (Å²) in [7, 11) is 0. The fraction of sp³-hybridized carbons (Fsp3) is 0.316. The predicted octanol–water partition coefficient (Wildman–Crippen LogP) is 4.32. The number of aromatic hydroxyl groups is 1. The maximum atomic E-state index is 12.5. The van der Waals surface area contributed by atoms with Crippen molar-refractivity contribution in [2.75, 3.05) is 0 Å². The van der Waals surface area contributed by atoms with E-state index in [0.29, 0.717) is 16.3 Å². The zero-order valence-electron chi connectivity index (χ0n) is 13.6. The molecule has 0 saturated heterocycles. The number of hydrogen-bond donors (Lipinski definition) is 1. The molecule has 2 aromatic rings. The first-order valence-corrected chi connectivity index (χ1v) is 7.84. The molecule has 23 heavy (non-hydrogen) atoms. The van der Waals surface area contributed by atoms with E-state index < -0.39 is 0 Å². The van der Waals surface area contributed by atoms with Crippen LogP contribution in [-0.2, 0) is 0 Å². The van der Waals surface area contributed by atoms with E-state index in [1.807, 2.05) is 0 Å². The summed E-state index contributed by atoms with van der Waals surface area (Å²) >= 11 is 0. The average molecular weight is 312 g/mol. The zero-order valence-corrected chi connectivity index (χ0v) is 13.6. The van der Waals surface area contributed by atoms with Gasteiger partial charge in [0.1, 0.15) is 5.75 Å². The van der Waals surface area contributed by atoms with Crippen LogP contribution in [0.5, 0.6) is 5.75 Å². The minimum atomic E-state index is -0.224. The van der Waals surface area contributed by atoms with Crippen molar-refractivity contribution in [3.05, 3.63) is 41.0 Å². The molecule has 0 bridgehead atoms. The Kier molecular flexibility index (Phi) is 4.94. The second kappa shape index (κ2) is 6.73. The lowest BCUT2D eigenvalue weighted by Gasteiger charge is -2.15. The first kappa shape index (κ1) is 16.9. The van der Waals surface area contributed by atoms with E-state index in [-0.39, 0.29) is 53.5 Å². The second-order valence-electron chi connectivity index (χ2n) is 5.38. The van der Waals surface area contributed by atoms with Gasteiger partial charge in [-0.3, -0.25) is 14.4 Å². The van der Waals surface area contributed by atoms with Crippen LogP contribution in [-0.4, -0.2) is 22.5 Å². The lowest BCUT2D eigenvalue weighted by molar-refractivity contribution is 0.0955. The van der Waals surface area contributed by atoms with Gasteiger partial charge in [-0.05, 0) is 6.07 Å². The highest BCUT2D eigenvalue weighted by Gasteiger charge is 2.23. The molecule has 0 aromatic heterocycles. The summed E-state index contributed by atoms with van der Waals surface area (Å²) in [5, 5.41) is 11.1. The molecule has 0 amide bonds. The molecule has 0 heterocycles. The molecule has 4 nitrogen and oxygen atoms in total. The molecule has 0 atom stereocenters. The van der Waals surface area contributed by atoms with Gasteiger partial charge in [-0.15, -0.1) is 0 Å². The van der Waals surface area contributed by atoms with Crippen LogP contribution in [0.2, 0.25) is 0 Å². The zero-order chi connectivity index (χ0) is 17.1. The molecule has 0 aliphatic rings. The van der Waals surface area contributed by atoms with E-state index in [1.54, 1.807) is 39.0 Å². The topological polar surface area (TPSA) is 71.4 Å². The molecule has 0 unspecified atom stereocenters. The lowest BCUT2D eigenvalue weighted by Crippen LogP contribution is -2.11. The number of ketones is 3. The maximum absolute atomic E-state index is 12.5. The molecule has 1 N–H and O–H groups in total. The number of benzene rings is 2. The highest BCUT2D eigenvalue weighted by molar-refractivity contribution is 6.22. The Morgan fingerprint density at radius 3 is 2.00 bits per heavy atom. The van der Waals surface area contributed by atoms with Crippen molar-refractivity contribution in [1.29, 1.82) is 0 Å². The van der Waals surface area contributed by atoms with Gasteiger partial charge in [-0.25, -0.2) is 0 Å². The molecule has 0 aliphatic carbocycles. The van der Waals surface area contributed by atoms with Crippen LogP contribution in [0.4, 0.5) is 0 Å². The van der Waals surface area contributed by atoms with Gasteiger partial charge in [0.15, 0.2) is 17.3 Å². The maximum Gasteiger partial charge on any atom is 0.163 e. The third-order valence-corrected chi connectivity index (χ3v) is 3.98. The largest absolute Gasteiger partial charge is 0.507 e. The van der Waals surface area contributed by atoms with Gasteiger partial charge in [0.05, 0.1) is 0 Å². The van der Waals surface area contributed by atoms with E-state index in [0.717, 1.165) is 0 Å². The van der Waals surface area contributed by atoms with Crippen LogP contribution in [0.25, 0.3) is 10.8 Å². The third-order valence-electron chi connectivity index (χ3n) is 3.98.